The van der Waals surface area contributed by atoms with Gasteiger partial charge in [-0.1, -0.05) is 6.07 Å². The third kappa shape index (κ3) is 3.59. The SMILES string of the molecule is Cc1nn(-c2ccccn2)c(C)c1N1CCN(S(=O)(=O)c2ccc3c(c2)OCCO3)CC1. The number of ether oxygens (including phenoxy) is 2. The van der Waals surface area contributed by atoms with Crippen LogP contribution in [0.5, 0.6) is 11.5 Å². The van der Waals surface area contributed by atoms with Crippen LogP contribution in [0.25, 0.3) is 5.82 Å². The summed E-state index contributed by atoms with van der Waals surface area (Å²) in [6, 6.07) is 10.5. The molecule has 0 N–H and O–H groups in total. The summed E-state index contributed by atoms with van der Waals surface area (Å²) in [5, 5.41) is 4.67. The molecule has 9 nitrogen and oxygen atoms in total. The van der Waals surface area contributed by atoms with Crippen molar-refractivity contribution in [3.05, 3.63) is 54.0 Å². The third-order valence-electron chi connectivity index (χ3n) is 5.83. The number of aromatic nitrogens is 3. The van der Waals surface area contributed by atoms with Crippen molar-refractivity contribution in [1.82, 2.24) is 19.1 Å². The second kappa shape index (κ2) is 8.10. The predicted octanol–water partition coefficient (Wildman–Crippen LogP) is 2.17. The Morgan fingerprint density at radius 3 is 2.41 bits per heavy atom. The van der Waals surface area contributed by atoms with E-state index in [2.05, 4.69) is 15.0 Å². The number of piperazine rings is 1. The van der Waals surface area contributed by atoms with Crippen LogP contribution in [-0.2, 0) is 10.0 Å². The van der Waals surface area contributed by atoms with Crippen molar-refractivity contribution >= 4 is 15.7 Å². The first-order chi connectivity index (χ1) is 15.4. The van der Waals surface area contributed by atoms with Crippen LogP contribution >= 0.6 is 0 Å². The summed E-state index contributed by atoms with van der Waals surface area (Å²) in [7, 11) is -3.62. The fourth-order valence-corrected chi connectivity index (χ4v) is 5.72. The molecule has 0 bridgehead atoms. The van der Waals surface area contributed by atoms with Gasteiger partial charge in [-0.3, -0.25) is 0 Å². The van der Waals surface area contributed by atoms with Gasteiger partial charge in [0.2, 0.25) is 10.0 Å². The van der Waals surface area contributed by atoms with E-state index in [1.54, 1.807) is 24.4 Å². The second-order valence-corrected chi connectivity index (χ2v) is 9.75. The monoisotopic (exact) mass is 455 g/mol. The lowest BCUT2D eigenvalue weighted by molar-refractivity contribution is 0.171. The summed E-state index contributed by atoms with van der Waals surface area (Å²) in [5.74, 6) is 1.82. The van der Waals surface area contributed by atoms with Crippen LogP contribution < -0.4 is 14.4 Å². The average molecular weight is 456 g/mol. The van der Waals surface area contributed by atoms with Gasteiger partial charge in [0.05, 0.1) is 22.0 Å². The molecule has 1 saturated heterocycles. The van der Waals surface area contributed by atoms with Crippen molar-refractivity contribution in [2.75, 3.05) is 44.3 Å². The van der Waals surface area contributed by atoms with Gasteiger partial charge in [-0.25, -0.2) is 18.1 Å². The number of rotatable bonds is 4. The second-order valence-electron chi connectivity index (χ2n) is 7.82. The number of nitrogens with zero attached hydrogens (tertiary/aromatic N) is 5. The highest BCUT2D eigenvalue weighted by Gasteiger charge is 2.31. The Morgan fingerprint density at radius 2 is 1.69 bits per heavy atom. The van der Waals surface area contributed by atoms with Crippen LogP contribution in [0.1, 0.15) is 11.4 Å². The molecule has 0 saturated carbocycles. The number of benzene rings is 1. The number of hydrogen-bond donors (Lipinski definition) is 0. The topological polar surface area (TPSA) is 89.8 Å². The maximum atomic E-state index is 13.2. The standard InChI is InChI=1S/C22H25N5O4S/c1-16-22(17(2)27(24-16)21-5-3-4-8-23-21)25-9-11-26(12-10-25)32(28,29)18-6-7-19-20(15-18)31-14-13-30-19/h3-8,15H,9-14H2,1-2H3. The van der Waals surface area contributed by atoms with E-state index < -0.39 is 10.0 Å². The molecule has 10 heteroatoms. The van der Waals surface area contributed by atoms with Gasteiger partial charge in [-0.05, 0) is 38.1 Å². The number of hydrogen-bond acceptors (Lipinski definition) is 7. The molecule has 0 aliphatic carbocycles. The van der Waals surface area contributed by atoms with E-state index in [9.17, 15) is 8.42 Å². The quantitative estimate of drug-likeness (QED) is 0.596. The van der Waals surface area contributed by atoms with Gasteiger partial charge < -0.3 is 14.4 Å². The van der Waals surface area contributed by atoms with Crippen LogP contribution in [0.3, 0.4) is 0 Å². The van der Waals surface area contributed by atoms with Gasteiger partial charge >= 0.3 is 0 Å². The molecular formula is C22H25N5O4S. The van der Waals surface area contributed by atoms with E-state index in [0.717, 1.165) is 22.9 Å². The maximum absolute atomic E-state index is 13.2. The Kier molecular flexibility index (Phi) is 5.26. The molecule has 0 unspecified atom stereocenters. The van der Waals surface area contributed by atoms with Crippen LogP contribution in [0.2, 0.25) is 0 Å². The minimum absolute atomic E-state index is 0.227. The predicted molar refractivity (Wildman–Crippen MR) is 119 cm³/mol. The zero-order valence-corrected chi connectivity index (χ0v) is 18.9. The number of aryl methyl sites for hydroxylation is 1. The van der Waals surface area contributed by atoms with Crippen molar-refractivity contribution in [1.29, 1.82) is 0 Å². The number of pyridine rings is 1. The van der Waals surface area contributed by atoms with E-state index in [-0.39, 0.29) is 4.90 Å². The summed E-state index contributed by atoms with van der Waals surface area (Å²) < 4.78 is 40.9. The van der Waals surface area contributed by atoms with Gasteiger partial charge in [0, 0.05) is 38.4 Å². The van der Waals surface area contributed by atoms with Crippen molar-refractivity contribution < 1.29 is 17.9 Å². The van der Waals surface area contributed by atoms with Crippen LogP contribution in [0, 0.1) is 13.8 Å². The van der Waals surface area contributed by atoms with Crippen LogP contribution in [-0.4, -0.2) is 66.9 Å². The van der Waals surface area contributed by atoms with Crippen molar-refractivity contribution in [2.24, 2.45) is 0 Å². The summed E-state index contributed by atoms with van der Waals surface area (Å²) in [6.45, 7) is 6.83. The molecule has 0 amide bonds. The van der Waals surface area contributed by atoms with Crippen LogP contribution in [0.4, 0.5) is 5.69 Å². The molecule has 3 aromatic rings. The molecule has 2 aliphatic heterocycles. The van der Waals surface area contributed by atoms with E-state index in [4.69, 9.17) is 9.47 Å². The van der Waals surface area contributed by atoms with Gasteiger partial charge in [0.25, 0.3) is 0 Å². The molecule has 168 valence electrons. The average Bonchev–Trinajstić information content (AvgIpc) is 3.13. The molecule has 0 radical (unpaired) electrons. The first-order valence-corrected chi connectivity index (χ1v) is 12.0. The Bertz CT molecular complexity index is 1230. The number of anilines is 1. The third-order valence-corrected chi connectivity index (χ3v) is 7.72. The van der Waals surface area contributed by atoms with Crippen molar-refractivity contribution in [2.45, 2.75) is 18.7 Å². The van der Waals surface area contributed by atoms with E-state index in [0.29, 0.717) is 50.9 Å². The molecule has 2 aliphatic rings. The normalized spacial score (nSPS) is 16.9. The van der Waals surface area contributed by atoms with E-state index in [1.807, 2.05) is 36.7 Å². The molecule has 4 heterocycles. The minimum atomic E-state index is -3.62. The highest BCUT2D eigenvalue weighted by atomic mass is 32.2. The molecule has 2 aromatic heterocycles. The number of fused-ring (bicyclic) bond motifs is 1. The largest absolute Gasteiger partial charge is 0.486 e. The lowest BCUT2D eigenvalue weighted by Gasteiger charge is -2.35. The Hall–Kier alpha value is -3.11. The fraction of sp³-hybridized carbons (Fsp3) is 0.364. The Labute approximate surface area is 187 Å². The lowest BCUT2D eigenvalue weighted by atomic mass is 10.2. The van der Waals surface area contributed by atoms with Crippen molar-refractivity contribution in [3.8, 4) is 17.3 Å². The zero-order valence-electron chi connectivity index (χ0n) is 18.1. The molecule has 1 fully saturated rings. The highest BCUT2D eigenvalue weighted by molar-refractivity contribution is 7.89. The molecular weight excluding hydrogens is 430 g/mol. The maximum Gasteiger partial charge on any atom is 0.243 e. The molecule has 1 aromatic carbocycles. The van der Waals surface area contributed by atoms with Gasteiger partial charge in [-0.2, -0.15) is 9.40 Å². The van der Waals surface area contributed by atoms with Gasteiger partial charge in [0.1, 0.15) is 13.2 Å². The van der Waals surface area contributed by atoms with Crippen molar-refractivity contribution in [3.63, 3.8) is 0 Å². The van der Waals surface area contributed by atoms with Crippen LogP contribution in [0.15, 0.2) is 47.5 Å². The first-order valence-electron chi connectivity index (χ1n) is 10.6. The summed E-state index contributed by atoms with van der Waals surface area (Å²) in [5.41, 5.74) is 2.92. The van der Waals surface area contributed by atoms with Gasteiger partial charge in [-0.15, -0.1) is 0 Å². The summed E-state index contributed by atoms with van der Waals surface area (Å²) in [6.07, 6.45) is 1.74. The summed E-state index contributed by atoms with van der Waals surface area (Å²) >= 11 is 0. The summed E-state index contributed by atoms with van der Waals surface area (Å²) in [4.78, 5) is 6.82. The molecule has 32 heavy (non-hydrogen) atoms. The zero-order chi connectivity index (χ0) is 22.3. The molecule has 5 rings (SSSR count). The van der Waals surface area contributed by atoms with Gasteiger partial charge in [0.15, 0.2) is 17.3 Å². The smallest absolute Gasteiger partial charge is 0.243 e. The first kappa shape index (κ1) is 20.8. The Morgan fingerprint density at radius 1 is 0.938 bits per heavy atom. The van der Waals surface area contributed by atoms with E-state index in [1.165, 1.54) is 4.31 Å². The fourth-order valence-electron chi connectivity index (χ4n) is 4.28. The molecule has 0 spiro atoms. The Balaban J connectivity index is 1.34. The highest BCUT2D eigenvalue weighted by Crippen LogP contribution is 2.34. The lowest BCUT2D eigenvalue weighted by Crippen LogP contribution is -2.49. The molecule has 0 atom stereocenters. The minimum Gasteiger partial charge on any atom is -0.486 e. The van der Waals surface area contributed by atoms with E-state index >= 15 is 0 Å². The number of sulfonamides is 1.